The van der Waals surface area contributed by atoms with E-state index < -0.39 is 0 Å². The molecule has 0 aliphatic carbocycles. The summed E-state index contributed by atoms with van der Waals surface area (Å²) in [7, 11) is 0. The molecule has 3 aromatic rings. The largest absolute Gasteiger partial charge is 0.461 e. The number of hydrogen-bond donors (Lipinski definition) is 2. The quantitative estimate of drug-likeness (QED) is 0.566. The number of benzene rings is 1. The number of carbonyl (C=O) groups is 1. The molecule has 3 heterocycles. The van der Waals surface area contributed by atoms with Gasteiger partial charge in [0, 0.05) is 42.0 Å². The molecule has 0 saturated heterocycles. The van der Waals surface area contributed by atoms with Gasteiger partial charge in [0.15, 0.2) is 0 Å². The minimum atomic E-state index is -0.303. The fourth-order valence-corrected chi connectivity index (χ4v) is 4.93. The number of aromatic amines is 1. The van der Waals surface area contributed by atoms with Crippen molar-refractivity contribution < 1.29 is 19.4 Å². The highest BCUT2D eigenvalue weighted by atomic mass is 16.5. The highest BCUT2D eigenvalue weighted by molar-refractivity contribution is 6.06. The molecular formula is C25H33N3O4. The number of fused-ring (bicyclic) bond motifs is 2. The molecule has 0 saturated carbocycles. The average molecular weight is 440 g/mol. The zero-order valence-electron chi connectivity index (χ0n) is 19.5. The van der Waals surface area contributed by atoms with E-state index in [0.717, 1.165) is 57.4 Å². The predicted molar refractivity (Wildman–Crippen MR) is 124 cm³/mol. The molecule has 1 atom stereocenters. The maximum Gasteiger partial charge on any atom is 0.355 e. The Balaban J connectivity index is 2.13. The molecule has 7 heteroatoms. The van der Waals surface area contributed by atoms with Gasteiger partial charge in [-0.05, 0) is 57.1 Å². The molecule has 1 aliphatic rings. The van der Waals surface area contributed by atoms with Crippen LogP contribution in [0.15, 0.2) is 12.1 Å². The normalized spacial score (nSPS) is 15.3. The van der Waals surface area contributed by atoms with Gasteiger partial charge in [0.05, 0.1) is 24.4 Å². The van der Waals surface area contributed by atoms with Gasteiger partial charge in [-0.1, -0.05) is 19.1 Å². The molecule has 0 amide bonds. The molecule has 0 spiro atoms. The van der Waals surface area contributed by atoms with E-state index >= 15 is 0 Å². The van der Waals surface area contributed by atoms with Crippen molar-refractivity contribution >= 4 is 16.9 Å². The predicted octanol–water partition coefficient (Wildman–Crippen LogP) is 4.62. The summed E-state index contributed by atoms with van der Waals surface area (Å²) >= 11 is 0. The Morgan fingerprint density at radius 1 is 1.31 bits per heavy atom. The van der Waals surface area contributed by atoms with Crippen LogP contribution in [0.3, 0.4) is 0 Å². The van der Waals surface area contributed by atoms with Crippen LogP contribution in [0.5, 0.6) is 0 Å². The summed E-state index contributed by atoms with van der Waals surface area (Å²) in [6.07, 6.45) is 2.36. The van der Waals surface area contributed by atoms with Crippen LogP contribution in [0.1, 0.15) is 72.0 Å². The van der Waals surface area contributed by atoms with Crippen LogP contribution in [0.4, 0.5) is 0 Å². The van der Waals surface area contributed by atoms with Crippen LogP contribution in [0, 0.1) is 13.8 Å². The first-order valence-electron chi connectivity index (χ1n) is 11.5. The summed E-state index contributed by atoms with van der Waals surface area (Å²) in [6.45, 7) is 10.2. The Morgan fingerprint density at radius 2 is 2.12 bits per heavy atom. The molecule has 2 N–H and O–H groups in total. The number of aliphatic hydroxyl groups is 1. The Bertz CT molecular complexity index is 1130. The van der Waals surface area contributed by atoms with Crippen molar-refractivity contribution in [2.45, 2.75) is 66.0 Å². The third kappa shape index (κ3) is 3.84. The highest BCUT2D eigenvalue weighted by Crippen LogP contribution is 2.42. The SMILES string of the molecule is CCOC(=O)c1c(C(C)CCO)c2ccc(C)c3c2n1CCCCOCc1n[nH]c(C)c1-3. The lowest BCUT2D eigenvalue weighted by molar-refractivity contribution is 0.0511. The van der Waals surface area contributed by atoms with E-state index in [1.54, 1.807) is 0 Å². The monoisotopic (exact) mass is 439 g/mol. The summed E-state index contributed by atoms with van der Waals surface area (Å²) in [6, 6.07) is 4.23. The summed E-state index contributed by atoms with van der Waals surface area (Å²) in [5, 5.41) is 18.4. The van der Waals surface area contributed by atoms with Gasteiger partial charge < -0.3 is 19.1 Å². The summed E-state index contributed by atoms with van der Waals surface area (Å²) in [5.41, 5.74) is 7.73. The molecule has 32 heavy (non-hydrogen) atoms. The summed E-state index contributed by atoms with van der Waals surface area (Å²) in [4.78, 5) is 13.3. The first kappa shape index (κ1) is 22.6. The zero-order chi connectivity index (χ0) is 22.8. The number of hydrogen-bond acceptors (Lipinski definition) is 5. The van der Waals surface area contributed by atoms with Crippen LogP contribution in [-0.4, -0.2) is 45.7 Å². The highest BCUT2D eigenvalue weighted by Gasteiger charge is 2.30. The second kappa shape index (κ2) is 9.46. The lowest BCUT2D eigenvalue weighted by Gasteiger charge is -2.15. The van der Waals surface area contributed by atoms with E-state index in [2.05, 4.69) is 40.7 Å². The van der Waals surface area contributed by atoms with Crippen LogP contribution in [0.2, 0.25) is 0 Å². The molecule has 4 rings (SSSR count). The van der Waals surface area contributed by atoms with E-state index in [4.69, 9.17) is 9.47 Å². The van der Waals surface area contributed by atoms with Gasteiger partial charge in [0.1, 0.15) is 5.69 Å². The van der Waals surface area contributed by atoms with Crippen molar-refractivity contribution in [1.29, 1.82) is 0 Å². The van der Waals surface area contributed by atoms with Crippen molar-refractivity contribution in [1.82, 2.24) is 14.8 Å². The number of aryl methyl sites for hydroxylation is 3. The van der Waals surface area contributed by atoms with Crippen molar-refractivity contribution in [3.05, 3.63) is 40.3 Å². The van der Waals surface area contributed by atoms with Crippen LogP contribution < -0.4 is 0 Å². The molecule has 0 fully saturated rings. The lowest BCUT2D eigenvalue weighted by Crippen LogP contribution is -2.16. The van der Waals surface area contributed by atoms with Gasteiger partial charge in [0.25, 0.3) is 0 Å². The summed E-state index contributed by atoms with van der Waals surface area (Å²) in [5.74, 6) is -0.290. The fraction of sp³-hybridized carbons (Fsp3) is 0.520. The van der Waals surface area contributed by atoms with Crippen molar-refractivity contribution in [2.24, 2.45) is 0 Å². The summed E-state index contributed by atoms with van der Waals surface area (Å²) < 4.78 is 13.6. The smallest absolute Gasteiger partial charge is 0.355 e. The van der Waals surface area contributed by atoms with Gasteiger partial charge in [0.2, 0.25) is 0 Å². The van der Waals surface area contributed by atoms with E-state index in [0.29, 0.717) is 38.5 Å². The van der Waals surface area contributed by atoms with E-state index in [9.17, 15) is 9.90 Å². The number of aromatic nitrogens is 3. The van der Waals surface area contributed by atoms with Gasteiger partial charge in [-0.3, -0.25) is 5.10 Å². The maximum atomic E-state index is 13.3. The average Bonchev–Trinajstić information content (AvgIpc) is 3.27. The Morgan fingerprint density at radius 3 is 2.88 bits per heavy atom. The number of ether oxygens (including phenoxy) is 2. The lowest BCUT2D eigenvalue weighted by atomic mass is 9.91. The van der Waals surface area contributed by atoms with Crippen molar-refractivity contribution in [2.75, 3.05) is 19.8 Å². The molecule has 0 radical (unpaired) electrons. The third-order valence-corrected chi connectivity index (χ3v) is 6.43. The van der Waals surface area contributed by atoms with E-state index in [1.165, 1.54) is 0 Å². The van der Waals surface area contributed by atoms with Crippen molar-refractivity contribution in [3.8, 4) is 11.1 Å². The van der Waals surface area contributed by atoms with Gasteiger partial charge in [-0.15, -0.1) is 0 Å². The molecule has 0 bridgehead atoms. The number of esters is 1. The van der Waals surface area contributed by atoms with Crippen LogP contribution in [-0.2, 0) is 22.6 Å². The Hall–Kier alpha value is -2.64. The molecule has 1 aromatic carbocycles. The first-order valence-corrected chi connectivity index (χ1v) is 11.5. The third-order valence-electron chi connectivity index (χ3n) is 6.43. The maximum absolute atomic E-state index is 13.3. The first-order chi connectivity index (χ1) is 15.5. The topological polar surface area (TPSA) is 89.4 Å². The number of nitrogens with one attached hydrogen (secondary N) is 1. The fourth-order valence-electron chi connectivity index (χ4n) is 4.93. The molecule has 172 valence electrons. The second-order valence-corrected chi connectivity index (χ2v) is 8.63. The molecular weight excluding hydrogens is 406 g/mol. The second-order valence-electron chi connectivity index (χ2n) is 8.63. The van der Waals surface area contributed by atoms with E-state index in [1.807, 2.05) is 13.8 Å². The number of aliphatic hydroxyl groups excluding tert-OH is 1. The number of rotatable bonds is 5. The molecule has 1 unspecified atom stereocenters. The Kier molecular flexibility index (Phi) is 6.67. The van der Waals surface area contributed by atoms with Gasteiger partial charge >= 0.3 is 5.97 Å². The number of nitrogens with zero attached hydrogens (tertiary/aromatic N) is 2. The Labute approximate surface area is 188 Å². The van der Waals surface area contributed by atoms with Gasteiger partial charge in [-0.25, -0.2) is 4.79 Å². The molecule has 2 aromatic heterocycles. The molecule has 1 aliphatic heterocycles. The molecule has 7 nitrogen and oxygen atoms in total. The minimum absolute atomic E-state index is 0.0138. The van der Waals surface area contributed by atoms with Gasteiger partial charge in [-0.2, -0.15) is 5.10 Å². The van der Waals surface area contributed by atoms with Crippen LogP contribution >= 0.6 is 0 Å². The number of carbonyl (C=O) groups excluding carboxylic acids is 1. The van der Waals surface area contributed by atoms with Crippen molar-refractivity contribution in [3.63, 3.8) is 0 Å². The minimum Gasteiger partial charge on any atom is -0.461 e. The zero-order valence-corrected chi connectivity index (χ0v) is 19.5. The van der Waals surface area contributed by atoms with E-state index in [-0.39, 0.29) is 18.5 Å². The standard InChI is InChI=1S/C25H33N3O4/c1-5-32-25(30)24-20(16(3)10-12-29)18-9-8-15(2)21-22-17(4)26-27-19(22)14-31-13-7-6-11-28(24)23(18)21/h8-9,16,29H,5-7,10-14H2,1-4H3,(H,26,27). The van der Waals surface area contributed by atoms with Crippen LogP contribution in [0.25, 0.3) is 22.0 Å². The number of H-pyrrole nitrogens is 1.